The first-order chi connectivity index (χ1) is 19.5. The standard InChI is InChI=1S/C26H28O15/c27-10-3-1-9(2-4-10)13-5-11(28)17-14(39-13)6-15(19(31)21(17)33)40-26-24(36)22(34)20(32)16(41-26)8-38-25-23(35)18(30)12(29)7-37-25/h1-6,12,16,18,20,22-27,29-36H,7-8H2/t12-,16?,18?,20+,22+,23-,24?,25+,26-/m1/s1. The molecule has 2 aliphatic rings. The highest BCUT2D eigenvalue weighted by molar-refractivity contribution is 5.89. The normalized spacial score (nSPS) is 32.2. The van der Waals surface area contributed by atoms with Crippen molar-refractivity contribution in [1.29, 1.82) is 0 Å². The van der Waals surface area contributed by atoms with Gasteiger partial charge in [0.15, 0.2) is 23.2 Å². The van der Waals surface area contributed by atoms with Crippen molar-refractivity contribution < 1.29 is 69.3 Å². The molecule has 9 N–H and O–H groups in total. The Balaban J connectivity index is 1.39. The summed E-state index contributed by atoms with van der Waals surface area (Å²) in [5.41, 5.74) is -0.513. The number of benzene rings is 2. The lowest BCUT2D eigenvalue weighted by molar-refractivity contribution is -0.307. The van der Waals surface area contributed by atoms with Crippen molar-refractivity contribution >= 4 is 11.0 Å². The van der Waals surface area contributed by atoms with Gasteiger partial charge in [0.25, 0.3) is 0 Å². The van der Waals surface area contributed by atoms with Crippen LogP contribution in [0.25, 0.3) is 22.3 Å². The molecule has 2 saturated heterocycles. The summed E-state index contributed by atoms with van der Waals surface area (Å²) in [5, 5.41) is 90.9. The Hall–Kier alpha value is -3.51. The van der Waals surface area contributed by atoms with Crippen LogP contribution in [0.3, 0.4) is 0 Å². The molecule has 0 spiro atoms. The molecule has 9 atom stereocenters. The van der Waals surface area contributed by atoms with Crippen molar-refractivity contribution in [1.82, 2.24) is 0 Å². The van der Waals surface area contributed by atoms with Crippen LogP contribution >= 0.6 is 0 Å². The number of fused-ring (bicyclic) bond motifs is 1. The van der Waals surface area contributed by atoms with E-state index in [1.165, 1.54) is 24.3 Å². The predicted molar refractivity (Wildman–Crippen MR) is 134 cm³/mol. The zero-order chi connectivity index (χ0) is 29.6. The molecule has 0 saturated carbocycles. The Kier molecular flexibility index (Phi) is 8.06. The minimum atomic E-state index is -1.87. The Bertz CT molecular complexity index is 1440. The zero-order valence-electron chi connectivity index (χ0n) is 21.0. The van der Waals surface area contributed by atoms with E-state index in [2.05, 4.69) is 0 Å². The van der Waals surface area contributed by atoms with E-state index in [0.717, 1.165) is 12.1 Å². The van der Waals surface area contributed by atoms with Crippen LogP contribution in [0, 0.1) is 0 Å². The summed E-state index contributed by atoms with van der Waals surface area (Å²) in [6.45, 7) is -0.894. The number of aliphatic hydroxyl groups is 6. The first-order valence-corrected chi connectivity index (χ1v) is 12.4. The second kappa shape index (κ2) is 11.4. The number of hydrogen-bond donors (Lipinski definition) is 9. The van der Waals surface area contributed by atoms with Crippen molar-refractivity contribution in [3.05, 3.63) is 46.6 Å². The minimum Gasteiger partial charge on any atom is -0.508 e. The number of phenolic OH excluding ortho intramolecular Hbond substituents is 3. The maximum atomic E-state index is 12.7. The number of aromatic hydroxyl groups is 3. The number of ether oxygens (including phenoxy) is 4. The van der Waals surface area contributed by atoms with Crippen molar-refractivity contribution in [3.63, 3.8) is 0 Å². The minimum absolute atomic E-state index is 0.0176. The summed E-state index contributed by atoms with van der Waals surface area (Å²) in [5.74, 6) is -2.27. The van der Waals surface area contributed by atoms with Gasteiger partial charge in [0.2, 0.25) is 12.0 Å². The predicted octanol–water partition coefficient (Wildman–Crippen LogP) is -1.78. The van der Waals surface area contributed by atoms with E-state index >= 15 is 0 Å². The third-order valence-electron chi connectivity index (χ3n) is 6.87. The summed E-state index contributed by atoms with van der Waals surface area (Å²) < 4.78 is 27.3. The van der Waals surface area contributed by atoms with Gasteiger partial charge in [-0.1, -0.05) is 0 Å². The molecule has 1 aromatic heterocycles. The molecule has 3 heterocycles. The maximum absolute atomic E-state index is 12.7. The van der Waals surface area contributed by atoms with Gasteiger partial charge in [-0.2, -0.15) is 0 Å². The monoisotopic (exact) mass is 580 g/mol. The SMILES string of the molecule is O=c1cc(-c2ccc(O)cc2)oc2cc(O[C@@H]3OC(CO[C@@H]4OC[C@@H](O)C(O)[C@H]4O)[C@H](O)[C@H](O)C3O)c(O)c(O)c12. The summed E-state index contributed by atoms with van der Waals surface area (Å²) in [6, 6.07) is 7.84. The van der Waals surface area contributed by atoms with E-state index in [1.54, 1.807) is 0 Å². The smallest absolute Gasteiger partial charge is 0.229 e. The molecule has 15 heteroatoms. The van der Waals surface area contributed by atoms with Crippen LogP contribution in [0.15, 0.2) is 45.6 Å². The largest absolute Gasteiger partial charge is 0.508 e. The molecule has 3 aromatic rings. The summed E-state index contributed by atoms with van der Waals surface area (Å²) in [4.78, 5) is 12.7. The third-order valence-corrected chi connectivity index (χ3v) is 6.87. The highest BCUT2D eigenvalue weighted by atomic mass is 16.7. The van der Waals surface area contributed by atoms with Gasteiger partial charge in [-0.05, 0) is 24.3 Å². The number of hydrogen-bond acceptors (Lipinski definition) is 15. The molecule has 2 aromatic carbocycles. The van der Waals surface area contributed by atoms with Gasteiger partial charge >= 0.3 is 0 Å². The maximum Gasteiger partial charge on any atom is 0.229 e. The summed E-state index contributed by atoms with van der Waals surface area (Å²) in [7, 11) is 0. The molecule has 2 aliphatic heterocycles. The van der Waals surface area contributed by atoms with E-state index in [4.69, 9.17) is 23.4 Å². The average molecular weight is 580 g/mol. The Morgan fingerprint density at radius 2 is 1.49 bits per heavy atom. The van der Waals surface area contributed by atoms with E-state index in [1.807, 2.05) is 0 Å². The van der Waals surface area contributed by atoms with Crippen LogP contribution in [-0.2, 0) is 14.2 Å². The van der Waals surface area contributed by atoms with Gasteiger partial charge in [0, 0.05) is 17.7 Å². The average Bonchev–Trinajstić information content (AvgIpc) is 2.95. The highest BCUT2D eigenvalue weighted by Gasteiger charge is 2.46. The third kappa shape index (κ3) is 5.54. The second-order valence-electron chi connectivity index (χ2n) is 9.68. The lowest BCUT2D eigenvalue weighted by Crippen LogP contribution is -2.61. The Labute approximate surface area is 230 Å². The molecule has 5 rings (SSSR count). The van der Waals surface area contributed by atoms with Gasteiger partial charge < -0.3 is 69.3 Å². The van der Waals surface area contributed by atoms with Crippen molar-refractivity contribution in [2.75, 3.05) is 13.2 Å². The first-order valence-electron chi connectivity index (χ1n) is 12.4. The summed E-state index contributed by atoms with van der Waals surface area (Å²) in [6.07, 6.45) is -14.6. The molecule has 2 fully saturated rings. The fourth-order valence-corrected chi connectivity index (χ4v) is 4.52. The highest BCUT2D eigenvalue weighted by Crippen LogP contribution is 2.42. The lowest BCUT2D eigenvalue weighted by atomic mass is 9.99. The Morgan fingerprint density at radius 1 is 0.805 bits per heavy atom. The second-order valence-corrected chi connectivity index (χ2v) is 9.68. The molecule has 3 unspecified atom stereocenters. The molecule has 222 valence electrons. The van der Waals surface area contributed by atoms with E-state index in [9.17, 15) is 50.8 Å². The molecule has 41 heavy (non-hydrogen) atoms. The Morgan fingerprint density at radius 3 is 2.20 bits per heavy atom. The van der Waals surface area contributed by atoms with E-state index in [-0.39, 0.29) is 29.1 Å². The molecule has 0 bridgehead atoms. The fourth-order valence-electron chi connectivity index (χ4n) is 4.52. The van der Waals surface area contributed by atoms with Gasteiger partial charge in [-0.15, -0.1) is 0 Å². The quantitative estimate of drug-likeness (QED) is 0.146. The lowest BCUT2D eigenvalue weighted by Gasteiger charge is -2.41. The molecular weight excluding hydrogens is 552 g/mol. The molecule has 15 nitrogen and oxygen atoms in total. The number of phenols is 3. The van der Waals surface area contributed by atoms with Gasteiger partial charge in [0.1, 0.15) is 65.2 Å². The first kappa shape index (κ1) is 29.0. The molecule has 0 amide bonds. The molecule has 0 aliphatic carbocycles. The van der Waals surface area contributed by atoms with Crippen molar-refractivity contribution in [3.8, 4) is 34.3 Å². The van der Waals surface area contributed by atoms with Crippen LogP contribution < -0.4 is 10.2 Å². The van der Waals surface area contributed by atoms with Crippen molar-refractivity contribution in [2.45, 2.75) is 55.3 Å². The van der Waals surface area contributed by atoms with Crippen LogP contribution in [0.4, 0.5) is 0 Å². The van der Waals surface area contributed by atoms with Gasteiger partial charge in [-0.25, -0.2) is 0 Å². The van der Waals surface area contributed by atoms with Crippen LogP contribution in [0.5, 0.6) is 23.0 Å². The van der Waals surface area contributed by atoms with Gasteiger partial charge in [-0.3, -0.25) is 4.79 Å². The number of rotatable bonds is 6. The summed E-state index contributed by atoms with van der Waals surface area (Å²) >= 11 is 0. The topological polar surface area (TPSA) is 249 Å². The molecule has 0 radical (unpaired) electrons. The fraction of sp³-hybridized carbons (Fsp3) is 0.423. The van der Waals surface area contributed by atoms with Crippen LogP contribution in [0.1, 0.15) is 0 Å². The van der Waals surface area contributed by atoms with Crippen LogP contribution in [0.2, 0.25) is 0 Å². The van der Waals surface area contributed by atoms with Gasteiger partial charge in [0.05, 0.1) is 13.2 Å². The van der Waals surface area contributed by atoms with E-state index < -0.39 is 84.6 Å². The van der Waals surface area contributed by atoms with Crippen molar-refractivity contribution in [2.24, 2.45) is 0 Å². The zero-order valence-corrected chi connectivity index (χ0v) is 21.0. The van der Waals surface area contributed by atoms with Crippen LogP contribution in [-0.4, -0.2) is 114 Å². The molecular formula is C26H28O15. The number of aliphatic hydroxyl groups excluding tert-OH is 6. The van der Waals surface area contributed by atoms with E-state index in [0.29, 0.717) is 5.56 Å².